The van der Waals surface area contributed by atoms with Crippen LogP contribution in [0.25, 0.3) is 10.2 Å². The van der Waals surface area contributed by atoms with E-state index in [2.05, 4.69) is 10.3 Å². The molecule has 1 aromatic heterocycles. The molecule has 0 bridgehead atoms. The number of aromatic nitrogens is 1. The lowest BCUT2D eigenvalue weighted by Gasteiger charge is -2.28. The molecule has 2 atom stereocenters. The number of nitrogens with zero attached hydrogens (tertiary/aromatic N) is 1. The van der Waals surface area contributed by atoms with E-state index in [-0.39, 0.29) is 6.04 Å². The van der Waals surface area contributed by atoms with Crippen LogP contribution in [-0.2, 0) is 10.4 Å². The number of hydrogen-bond acceptors (Lipinski definition) is 4. The molecule has 1 amide bonds. The molecular formula is C15H17F3N2O2S. The maximum atomic E-state index is 13.4. The third-order valence-electron chi connectivity index (χ3n) is 3.55. The highest BCUT2D eigenvalue weighted by Gasteiger charge is 2.58. The first-order valence-corrected chi connectivity index (χ1v) is 7.93. The lowest BCUT2D eigenvalue weighted by atomic mass is 9.99. The van der Waals surface area contributed by atoms with E-state index in [9.17, 15) is 23.1 Å². The van der Waals surface area contributed by atoms with E-state index >= 15 is 0 Å². The number of carbonyl (C=O) groups is 1. The van der Waals surface area contributed by atoms with Crippen LogP contribution < -0.4 is 5.32 Å². The van der Waals surface area contributed by atoms with E-state index in [1.54, 1.807) is 38.1 Å². The van der Waals surface area contributed by atoms with Gasteiger partial charge in [-0.2, -0.15) is 13.2 Å². The van der Waals surface area contributed by atoms with E-state index < -0.39 is 29.1 Å². The Bertz CT molecular complexity index is 668. The maximum Gasteiger partial charge on any atom is 0.424 e. The van der Waals surface area contributed by atoms with Crippen molar-refractivity contribution in [1.29, 1.82) is 0 Å². The highest BCUT2D eigenvalue weighted by Crippen LogP contribution is 2.44. The molecule has 0 saturated heterocycles. The molecule has 23 heavy (non-hydrogen) atoms. The second-order valence-electron chi connectivity index (χ2n) is 5.40. The van der Waals surface area contributed by atoms with Gasteiger partial charge in [0.25, 0.3) is 0 Å². The third kappa shape index (κ3) is 3.64. The second-order valence-corrected chi connectivity index (χ2v) is 6.43. The van der Waals surface area contributed by atoms with Crippen LogP contribution in [0.4, 0.5) is 13.2 Å². The summed E-state index contributed by atoms with van der Waals surface area (Å²) in [4.78, 5) is 15.7. The molecule has 0 spiro atoms. The summed E-state index contributed by atoms with van der Waals surface area (Å²) in [5, 5.41) is 12.2. The molecule has 2 N–H and O–H groups in total. The molecule has 1 aromatic carbocycles. The van der Waals surface area contributed by atoms with Crippen molar-refractivity contribution in [3.63, 3.8) is 0 Å². The van der Waals surface area contributed by atoms with Gasteiger partial charge in [0.05, 0.1) is 16.6 Å². The first kappa shape index (κ1) is 17.7. The van der Waals surface area contributed by atoms with Gasteiger partial charge in [-0.1, -0.05) is 19.1 Å². The Kier molecular flexibility index (Phi) is 4.95. The zero-order valence-corrected chi connectivity index (χ0v) is 13.5. The molecule has 0 aliphatic rings. The van der Waals surface area contributed by atoms with Crippen LogP contribution in [0.1, 0.15) is 31.7 Å². The van der Waals surface area contributed by atoms with Crippen LogP contribution >= 0.6 is 11.3 Å². The zero-order chi connectivity index (χ0) is 17.3. The summed E-state index contributed by atoms with van der Waals surface area (Å²) < 4.78 is 40.8. The largest absolute Gasteiger partial charge is 0.424 e. The predicted octanol–water partition coefficient (Wildman–Crippen LogP) is 3.35. The minimum Gasteiger partial charge on any atom is -0.374 e. The number of amides is 1. The van der Waals surface area contributed by atoms with Crippen LogP contribution in [0, 0.1) is 0 Å². The van der Waals surface area contributed by atoms with Gasteiger partial charge in [-0.25, -0.2) is 4.98 Å². The minimum absolute atomic E-state index is 0.268. The second kappa shape index (κ2) is 6.45. The molecule has 0 aliphatic heterocycles. The summed E-state index contributed by atoms with van der Waals surface area (Å²) in [6.45, 7) is 3.48. The van der Waals surface area contributed by atoms with Gasteiger partial charge in [-0.15, -0.1) is 11.3 Å². The Morgan fingerprint density at radius 3 is 2.61 bits per heavy atom. The van der Waals surface area contributed by atoms with Crippen molar-refractivity contribution in [2.75, 3.05) is 0 Å². The molecule has 2 rings (SSSR count). The van der Waals surface area contributed by atoms with Gasteiger partial charge in [0.15, 0.2) is 0 Å². The van der Waals surface area contributed by atoms with Crippen molar-refractivity contribution < 1.29 is 23.1 Å². The Morgan fingerprint density at radius 1 is 1.39 bits per heavy atom. The molecular weight excluding hydrogens is 329 g/mol. The topological polar surface area (TPSA) is 62.2 Å². The fourth-order valence-corrected chi connectivity index (χ4v) is 3.08. The molecule has 2 unspecified atom stereocenters. The first-order chi connectivity index (χ1) is 10.7. The number of para-hydroxylation sites is 1. The summed E-state index contributed by atoms with van der Waals surface area (Å²) in [6.07, 6.45) is -5.54. The van der Waals surface area contributed by atoms with Gasteiger partial charge in [0.1, 0.15) is 5.01 Å². The first-order valence-electron chi connectivity index (χ1n) is 7.12. The number of thiazole rings is 1. The SMILES string of the molecule is CCC(C)NC(=O)CC(O)(c1nc2ccccc2s1)C(F)(F)F. The molecule has 0 radical (unpaired) electrons. The summed E-state index contributed by atoms with van der Waals surface area (Å²) >= 11 is 0.737. The quantitative estimate of drug-likeness (QED) is 0.873. The van der Waals surface area contributed by atoms with Crippen LogP contribution in [0.2, 0.25) is 0 Å². The van der Waals surface area contributed by atoms with Crippen molar-refractivity contribution in [2.45, 2.75) is 44.5 Å². The number of carbonyl (C=O) groups excluding carboxylic acids is 1. The van der Waals surface area contributed by atoms with Crippen LogP contribution in [0.15, 0.2) is 24.3 Å². The monoisotopic (exact) mass is 346 g/mol. The maximum absolute atomic E-state index is 13.4. The zero-order valence-electron chi connectivity index (χ0n) is 12.6. The normalized spacial score (nSPS) is 16.1. The molecule has 8 heteroatoms. The van der Waals surface area contributed by atoms with Gasteiger partial charge in [0.2, 0.25) is 11.5 Å². The molecule has 126 valence electrons. The Labute approximate surface area is 135 Å². The Balaban J connectivity index is 2.37. The predicted molar refractivity (Wildman–Crippen MR) is 82.1 cm³/mol. The van der Waals surface area contributed by atoms with Crippen LogP contribution in [0.5, 0.6) is 0 Å². The van der Waals surface area contributed by atoms with Crippen LogP contribution in [0.3, 0.4) is 0 Å². The average molecular weight is 346 g/mol. The number of aliphatic hydroxyl groups is 1. The van der Waals surface area contributed by atoms with Crippen LogP contribution in [-0.4, -0.2) is 28.2 Å². The molecule has 0 fully saturated rings. The van der Waals surface area contributed by atoms with Gasteiger partial charge >= 0.3 is 6.18 Å². The van der Waals surface area contributed by atoms with Gasteiger partial charge in [-0.3, -0.25) is 4.79 Å². The summed E-state index contributed by atoms with van der Waals surface area (Å²) in [5.41, 5.74) is -2.94. The summed E-state index contributed by atoms with van der Waals surface area (Å²) in [5.74, 6) is -0.863. The van der Waals surface area contributed by atoms with Gasteiger partial charge in [0, 0.05) is 6.04 Å². The van der Waals surface area contributed by atoms with E-state index in [4.69, 9.17) is 0 Å². The number of fused-ring (bicyclic) bond motifs is 1. The van der Waals surface area contributed by atoms with Crippen molar-refractivity contribution in [1.82, 2.24) is 10.3 Å². The number of benzene rings is 1. The number of alkyl halides is 3. The van der Waals surface area contributed by atoms with E-state index in [1.807, 2.05) is 0 Å². The molecule has 1 heterocycles. The minimum atomic E-state index is -5.01. The lowest BCUT2D eigenvalue weighted by molar-refractivity contribution is -0.267. The molecule has 0 aliphatic carbocycles. The van der Waals surface area contributed by atoms with E-state index in [1.165, 1.54) is 0 Å². The fourth-order valence-electron chi connectivity index (χ4n) is 2.01. The fraction of sp³-hybridized carbons (Fsp3) is 0.467. The number of halogens is 3. The van der Waals surface area contributed by atoms with Crippen molar-refractivity contribution in [3.8, 4) is 0 Å². The van der Waals surface area contributed by atoms with Gasteiger partial charge < -0.3 is 10.4 Å². The Hall–Kier alpha value is -1.67. The molecule has 2 aromatic rings. The van der Waals surface area contributed by atoms with Gasteiger partial charge in [-0.05, 0) is 25.5 Å². The number of rotatable bonds is 5. The Morgan fingerprint density at radius 2 is 2.04 bits per heavy atom. The number of hydrogen-bond donors (Lipinski definition) is 2. The van der Waals surface area contributed by atoms with Crippen molar-refractivity contribution >= 4 is 27.5 Å². The molecule has 4 nitrogen and oxygen atoms in total. The highest BCUT2D eigenvalue weighted by molar-refractivity contribution is 7.18. The number of nitrogens with one attached hydrogen (secondary N) is 1. The van der Waals surface area contributed by atoms with Crippen molar-refractivity contribution in [2.24, 2.45) is 0 Å². The highest BCUT2D eigenvalue weighted by atomic mass is 32.1. The molecule has 0 saturated carbocycles. The van der Waals surface area contributed by atoms with E-state index in [0.717, 1.165) is 11.3 Å². The summed E-state index contributed by atoms with van der Waals surface area (Å²) in [7, 11) is 0. The van der Waals surface area contributed by atoms with Crippen molar-refractivity contribution in [3.05, 3.63) is 29.3 Å². The standard InChI is InChI=1S/C15H17F3N2O2S/c1-3-9(2)19-12(21)8-14(22,15(16,17)18)13-20-10-6-4-5-7-11(10)23-13/h4-7,9,22H,3,8H2,1-2H3,(H,19,21). The lowest BCUT2D eigenvalue weighted by Crippen LogP contribution is -2.47. The van der Waals surface area contributed by atoms with E-state index in [0.29, 0.717) is 16.6 Å². The average Bonchev–Trinajstić information content (AvgIpc) is 2.90. The smallest absolute Gasteiger partial charge is 0.374 e. The third-order valence-corrected chi connectivity index (χ3v) is 4.74. The summed E-state index contributed by atoms with van der Waals surface area (Å²) in [6, 6.07) is 6.23.